The summed E-state index contributed by atoms with van der Waals surface area (Å²) in [5, 5.41) is 0. The minimum Gasteiger partial charge on any atom is -0.303 e. The topological polar surface area (TPSA) is 30.0 Å². The van der Waals surface area contributed by atoms with Gasteiger partial charge in [0.1, 0.15) is 6.29 Å². The third kappa shape index (κ3) is 2.12. The van der Waals surface area contributed by atoms with Crippen molar-refractivity contribution in [1.82, 2.24) is 4.98 Å². The van der Waals surface area contributed by atoms with E-state index in [1.165, 1.54) is 10.3 Å². The summed E-state index contributed by atoms with van der Waals surface area (Å²) in [6.45, 7) is 0. The molecule has 0 N–H and O–H groups in total. The smallest absolute Gasteiger partial charge is 0.123 e. The maximum Gasteiger partial charge on any atom is 0.123 e. The van der Waals surface area contributed by atoms with Gasteiger partial charge in [0.25, 0.3) is 0 Å². The molecular formula is C14H15NOS. The Morgan fingerprint density at radius 3 is 2.82 bits per heavy atom. The van der Waals surface area contributed by atoms with Gasteiger partial charge in [-0.15, -0.1) is 11.3 Å². The lowest BCUT2D eigenvalue weighted by Crippen LogP contribution is -2.14. The van der Waals surface area contributed by atoms with Gasteiger partial charge < -0.3 is 4.79 Å². The van der Waals surface area contributed by atoms with Crippen molar-refractivity contribution in [1.29, 1.82) is 0 Å². The third-order valence-electron chi connectivity index (χ3n) is 3.79. The van der Waals surface area contributed by atoms with Crippen molar-refractivity contribution in [2.75, 3.05) is 0 Å². The van der Waals surface area contributed by atoms with E-state index in [9.17, 15) is 4.79 Å². The molecule has 0 atom stereocenters. The lowest BCUT2D eigenvalue weighted by Gasteiger charge is -2.25. The molecule has 1 fully saturated rings. The van der Waals surface area contributed by atoms with Crippen molar-refractivity contribution in [2.45, 2.75) is 31.6 Å². The second-order valence-electron chi connectivity index (χ2n) is 4.83. The van der Waals surface area contributed by atoms with E-state index in [0.717, 1.165) is 37.5 Å². The van der Waals surface area contributed by atoms with Gasteiger partial charge in [0, 0.05) is 5.92 Å². The highest BCUT2D eigenvalue weighted by Crippen LogP contribution is 2.36. The molecule has 0 bridgehead atoms. The van der Waals surface area contributed by atoms with Gasteiger partial charge in [0.2, 0.25) is 0 Å². The summed E-state index contributed by atoms with van der Waals surface area (Å²) >= 11 is 1.69. The van der Waals surface area contributed by atoms with Crippen molar-refractivity contribution in [2.24, 2.45) is 5.92 Å². The van der Waals surface area contributed by atoms with E-state index in [-0.39, 0.29) is 0 Å². The van der Waals surface area contributed by atoms with E-state index < -0.39 is 0 Å². The van der Waals surface area contributed by atoms with E-state index in [0.29, 0.717) is 11.8 Å². The Morgan fingerprint density at radius 2 is 2.06 bits per heavy atom. The number of nitrogens with zero attached hydrogens (tertiary/aromatic N) is 1. The molecule has 1 aliphatic rings. The number of thiazole rings is 1. The molecule has 1 heterocycles. The van der Waals surface area contributed by atoms with Crippen LogP contribution in [0.2, 0.25) is 0 Å². The van der Waals surface area contributed by atoms with Crippen LogP contribution in [-0.4, -0.2) is 11.3 Å². The number of rotatable bonds is 2. The van der Waals surface area contributed by atoms with Crippen LogP contribution in [0.1, 0.15) is 37.2 Å². The minimum atomic E-state index is 0.300. The summed E-state index contributed by atoms with van der Waals surface area (Å²) in [5.74, 6) is 0.923. The summed E-state index contributed by atoms with van der Waals surface area (Å²) in [5.41, 5.74) is 4.41. The Kier molecular flexibility index (Phi) is 2.93. The van der Waals surface area contributed by atoms with Gasteiger partial charge in [-0.1, -0.05) is 6.07 Å². The average Bonchev–Trinajstić information content (AvgIpc) is 2.86. The van der Waals surface area contributed by atoms with Crippen LogP contribution in [0.25, 0.3) is 10.2 Å². The predicted octanol–water partition coefficient (Wildman–Crippen LogP) is 3.77. The van der Waals surface area contributed by atoms with Gasteiger partial charge in [0.15, 0.2) is 0 Å². The molecular weight excluding hydrogens is 230 g/mol. The zero-order chi connectivity index (χ0) is 11.7. The molecule has 1 saturated carbocycles. The molecule has 0 spiro atoms. The molecule has 88 valence electrons. The number of fused-ring (bicyclic) bond motifs is 1. The number of carbonyl (C=O) groups excluding carboxylic acids is 1. The lowest BCUT2D eigenvalue weighted by molar-refractivity contribution is -0.111. The number of carbonyl (C=O) groups is 1. The number of hydrogen-bond acceptors (Lipinski definition) is 3. The fourth-order valence-corrected chi connectivity index (χ4v) is 3.38. The predicted molar refractivity (Wildman–Crippen MR) is 70.4 cm³/mol. The zero-order valence-corrected chi connectivity index (χ0v) is 10.5. The second kappa shape index (κ2) is 4.57. The molecule has 1 aliphatic carbocycles. The first-order valence-electron chi connectivity index (χ1n) is 6.15. The normalized spacial score (nSPS) is 24.9. The van der Waals surface area contributed by atoms with Gasteiger partial charge in [-0.25, -0.2) is 4.98 Å². The number of aromatic nitrogens is 1. The molecule has 17 heavy (non-hydrogen) atoms. The van der Waals surface area contributed by atoms with Crippen molar-refractivity contribution in [3.05, 3.63) is 29.3 Å². The Bertz CT molecular complexity index is 526. The molecule has 3 heteroatoms. The number of hydrogen-bond donors (Lipinski definition) is 0. The highest BCUT2D eigenvalue weighted by molar-refractivity contribution is 7.16. The average molecular weight is 245 g/mol. The van der Waals surface area contributed by atoms with Gasteiger partial charge in [-0.2, -0.15) is 0 Å². The van der Waals surface area contributed by atoms with E-state index in [2.05, 4.69) is 23.2 Å². The number of aldehydes is 1. The number of benzene rings is 1. The molecule has 1 aromatic carbocycles. The molecule has 0 radical (unpaired) electrons. The van der Waals surface area contributed by atoms with Crippen LogP contribution >= 0.6 is 11.3 Å². The Balaban J connectivity index is 1.81. The van der Waals surface area contributed by atoms with Crippen LogP contribution in [0.3, 0.4) is 0 Å². The quantitative estimate of drug-likeness (QED) is 0.754. The third-order valence-corrected chi connectivity index (χ3v) is 4.60. The van der Waals surface area contributed by atoms with Gasteiger partial charge >= 0.3 is 0 Å². The summed E-state index contributed by atoms with van der Waals surface area (Å²) in [6.07, 6.45) is 5.49. The molecule has 2 aromatic rings. The Morgan fingerprint density at radius 1 is 1.24 bits per heavy atom. The molecule has 1 aromatic heterocycles. The second-order valence-corrected chi connectivity index (χ2v) is 5.71. The summed E-state index contributed by atoms with van der Waals surface area (Å²) < 4.78 is 1.26. The largest absolute Gasteiger partial charge is 0.303 e. The SMILES string of the molecule is O=C[C@H]1CC[C@H](c2ccc3scnc3c2)CC1. The van der Waals surface area contributed by atoms with Crippen LogP contribution in [0.15, 0.2) is 23.7 Å². The summed E-state index contributed by atoms with van der Waals surface area (Å²) in [7, 11) is 0. The molecule has 0 aliphatic heterocycles. The fourth-order valence-electron chi connectivity index (χ4n) is 2.72. The summed E-state index contributed by atoms with van der Waals surface area (Å²) in [4.78, 5) is 15.1. The van der Waals surface area contributed by atoms with Gasteiger partial charge in [-0.3, -0.25) is 0 Å². The Hall–Kier alpha value is -1.22. The highest BCUT2D eigenvalue weighted by atomic mass is 32.1. The van der Waals surface area contributed by atoms with E-state index in [1.54, 1.807) is 11.3 Å². The van der Waals surface area contributed by atoms with E-state index >= 15 is 0 Å². The zero-order valence-electron chi connectivity index (χ0n) is 9.63. The van der Waals surface area contributed by atoms with Crippen molar-refractivity contribution in [3.8, 4) is 0 Å². The maximum absolute atomic E-state index is 10.7. The van der Waals surface area contributed by atoms with E-state index in [4.69, 9.17) is 0 Å². The van der Waals surface area contributed by atoms with Crippen LogP contribution in [0, 0.1) is 5.92 Å². The minimum absolute atomic E-state index is 0.300. The van der Waals surface area contributed by atoms with Crippen LogP contribution in [0.5, 0.6) is 0 Å². The van der Waals surface area contributed by atoms with Crippen LogP contribution in [-0.2, 0) is 4.79 Å². The standard InChI is InChI=1S/C14H15NOS/c16-8-10-1-3-11(4-2-10)12-5-6-14-13(7-12)15-9-17-14/h5-11H,1-4H2/t10-,11-. The maximum atomic E-state index is 10.7. The molecule has 0 saturated heterocycles. The molecule has 2 nitrogen and oxygen atoms in total. The van der Waals surface area contributed by atoms with Crippen LogP contribution < -0.4 is 0 Å². The fraction of sp³-hybridized carbons (Fsp3) is 0.429. The monoisotopic (exact) mass is 245 g/mol. The molecule has 0 unspecified atom stereocenters. The highest BCUT2D eigenvalue weighted by Gasteiger charge is 2.22. The van der Waals surface area contributed by atoms with E-state index in [1.807, 2.05) is 5.51 Å². The Labute approximate surface area is 105 Å². The first-order valence-corrected chi connectivity index (χ1v) is 7.03. The first kappa shape index (κ1) is 10.9. The van der Waals surface area contributed by atoms with Gasteiger partial charge in [0.05, 0.1) is 15.7 Å². The van der Waals surface area contributed by atoms with Gasteiger partial charge in [-0.05, 0) is 49.3 Å². The lowest BCUT2D eigenvalue weighted by atomic mass is 9.79. The van der Waals surface area contributed by atoms with Crippen LogP contribution in [0.4, 0.5) is 0 Å². The molecule has 0 amide bonds. The summed E-state index contributed by atoms with van der Waals surface area (Å²) in [6, 6.07) is 6.62. The first-order chi connectivity index (χ1) is 8.36. The molecule has 3 rings (SSSR count). The van der Waals surface area contributed by atoms with Crippen molar-refractivity contribution < 1.29 is 4.79 Å². The van der Waals surface area contributed by atoms with Crippen molar-refractivity contribution >= 4 is 27.8 Å². The van der Waals surface area contributed by atoms with Crippen molar-refractivity contribution in [3.63, 3.8) is 0 Å².